The van der Waals surface area contributed by atoms with Gasteiger partial charge in [-0.05, 0) is 26.7 Å². The van der Waals surface area contributed by atoms with Crippen LogP contribution >= 0.6 is 0 Å². The van der Waals surface area contributed by atoms with Gasteiger partial charge >= 0.3 is 5.97 Å². The van der Waals surface area contributed by atoms with Gasteiger partial charge in [0, 0.05) is 19.6 Å². The van der Waals surface area contributed by atoms with Crippen molar-refractivity contribution in [3.8, 4) is 0 Å². The summed E-state index contributed by atoms with van der Waals surface area (Å²) < 4.78 is 28.1. The van der Waals surface area contributed by atoms with Crippen molar-refractivity contribution in [2.75, 3.05) is 13.1 Å². The number of hydrogen-bond donors (Lipinski definition) is 1. The van der Waals surface area contributed by atoms with Gasteiger partial charge in [0.2, 0.25) is 10.0 Å². The summed E-state index contributed by atoms with van der Waals surface area (Å²) in [5.74, 6) is -1.56. The Bertz CT molecular complexity index is 608. The summed E-state index contributed by atoms with van der Waals surface area (Å²) in [6.45, 7) is 4.59. The number of carboxylic acids is 1. The lowest BCUT2D eigenvalue weighted by molar-refractivity contribution is -0.142. The number of aromatic nitrogens is 2. The third-order valence-corrected chi connectivity index (χ3v) is 5.68. The van der Waals surface area contributed by atoms with Crippen LogP contribution in [0.5, 0.6) is 0 Å². The van der Waals surface area contributed by atoms with Gasteiger partial charge in [-0.15, -0.1) is 0 Å². The first-order valence-corrected chi connectivity index (χ1v) is 8.07. The van der Waals surface area contributed by atoms with E-state index < -0.39 is 21.9 Å². The first kappa shape index (κ1) is 15.0. The molecule has 2 rings (SSSR count). The Hall–Kier alpha value is -1.41. The Kier molecular flexibility index (Phi) is 4.14. The molecule has 1 atom stereocenters. The first-order valence-electron chi connectivity index (χ1n) is 6.63. The molecule has 0 amide bonds. The molecule has 2 heterocycles. The lowest BCUT2D eigenvalue weighted by Crippen LogP contribution is -2.42. The van der Waals surface area contributed by atoms with Crippen LogP contribution in [0.25, 0.3) is 0 Å². The van der Waals surface area contributed by atoms with Gasteiger partial charge in [0.05, 0.1) is 17.8 Å². The van der Waals surface area contributed by atoms with Gasteiger partial charge in [0.25, 0.3) is 0 Å². The summed E-state index contributed by atoms with van der Waals surface area (Å²) in [7, 11) is -3.66. The molecule has 1 N–H and O–H groups in total. The topological polar surface area (TPSA) is 92.5 Å². The van der Waals surface area contributed by atoms with Gasteiger partial charge in [-0.25, -0.2) is 8.42 Å². The molecule has 0 aliphatic carbocycles. The normalized spacial score (nSPS) is 21.0. The number of aryl methyl sites for hydroxylation is 1. The number of hydrogen-bond acceptors (Lipinski definition) is 4. The maximum atomic E-state index is 12.6. The molecule has 0 bridgehead atoms. The standard InChI is InChI=1S/C12H19N3O4S/c1-3-15-9(2)11(7-13-15)20(18,19)14-6-4-5-10(8-14)12(16)17/h7,10H,3-6,8H2,1-2H3,(H,16,17)/t10-/m1/s1. The van der Waals surface area contributed by atoms with E-state index in [-0.39, 0.29) is 11.4 Å². The zero-order chi connectivity index (χ0) is 14.9. The van der Waals surface area contributed by atoms with Gasteiger partial charge in [-0.2, -0.15) is 9.40 Å². The highest BCUT2D eigenvalue weighted by Crippen LogP contribution is 2.25. The summed E-state index contributed by atoms with van der Waals surface area (Å²) in [5.41, 5.74) is 0.588. The highest BCUT2D eigenvalue weighted by Gasteiger charge is 2.34. The van der Waals surface area contributed by atoms with Crippen molar-refractivity contribution >= 4 is 16.0 Å². The van der Waals surface area contributed by atoms with Crippen LogP contribution in [0.1, 0.15) is 25.5 Å². The molecule has 8 heteroatoms. The lowest BCUT2D eigenvalue weighted by Gasteiger charge is -2.29. The zero-order valence-corrected chi connectivity index (χ0v) is 12.4. The maximum Gasteiger partial charge on any atom is 0.307 e. The number of carbonyl (C=O) groups is 1. The number of carboxylic acid groups (broad SMARTS) is 1. The average molecular weight is 301 g/mol. The molecule has 1 saturated heterocycles. The fourth-order valence-corrected chi connectivity index (χ4v) is 4.19. The molecule has 1 fully saturated rings. The summed E-state index contributed by atoms with van der Waals surface area (Å²) in [5, 5.41) is 13.1. The first-order chi connectivity index (χ1) is 9.37. The molecule has 0 saturated carbocycles. The average Bonchev–Trinajstić information content (AvgIpc) is 2.80. The molecular weight excluding hydrogens is 282 g/mol. The minimum Gasteiger partial charge on any atom is -0.481 e. The Labute approximate surface area is 118 Å². The molecule has 7 nitrogen and oxygen atoms in total. The number of piperidine rings is 1. The highest BCUT2D eigenvalue weighted by molar-refractivity contribution is 7.89. The maximum absolute atomic E-state index is 12.6. The summed E-state index contributed by atoms with van der Waals surface area (Å²) >= 11 is 0. The second-order valence-corrected chi connectivity index (χ2v) is 6.86. The lowest BCUT2D eigenvalue weighted by atomic mass is 10.0. The predicted octanol–water partition coefficient (Wildman–Crippen LogP) is 0.697. The van der Waals surface area contributed by atoms with Crippen molar-refractivity contribution in [3.05, 3.63) is 11.9 Å². The minimum absolute atomic E-state index is 0.0361. The van der Waals surface area contributed by atoms with Crippen LogP contribution in [0.4, 0.5) is 0 Å². The van der Waals surface area contributed by atoms with E-state index >= 15 is 0 Å². The fraction of sp³-hybridized carbons (Fsp3) is 0.667. The molecule has 1 aromatic heterocycles. The van der Waals surface area contributed by atoms with E-state index in [9.17, 15) is 13.2 Å². The highest BCUT2D eigenvalue weighted by atomic mass is 32.2. The molecule has 1 aliphatic heterocycles. The van der Waals surface area contributed by atoms with E-state index in [0.717, 1.165) is 0 Å². The molecule has 1 aliphatic rings. The van der Waals surface area contributed by atoms with Crippen LogP contribution in [0.2, 0.25) is 0 Å². The van der Waals surface area contributed by atoms with E-state index in [1.54, 1.807) is 11.6 Å². The second kappa shape index (κ2) is 5.53. The smallest absolute Gasteiger partial charge is 0.307 e. The number of nitrogens with zero attached hydrogens (tertiary/aromatic N) is 3. The van der Waals surface area contributed by atoms with Gasteiger partial charge < -0.3 is 5.11 Å². The molecule has 0 unspecified atom stereocenters. The second-order valence-electron chi connectivity index (χ2n) is 4.95. The van der Waals surface area contributed by atoms with Crippen LogP contribution in [0.15, 0.2) is 11.1 Å². The van der Waals surface area contributed by atoms with Crippen LogP contribution in [-0.4, -0.2) is 46.7 Å². The summed E-state index contributed by atoms with van der Waals surface area (Å²) in [6, 6.07) is 0. The summed E-state index contributed by atoms with van der Waals surface area (Å²) in [6.07, 6.45) is 2.43. The SMILES string of the molecule is CCn1ncc(S(=O)(=O)N2CCC[C@@H](C(=O)O)C2)c1C. The van der Waals surface area contributed by atoms with E-state index in [0.29, 0.717) is 31.6 Å². The summed E-state index contributed by atoms with van der Waals surface area (Å²) in [4.78, 5) is 11.2. The third-order valence-electron chi connectivity index (χ3n) is 3.71. The molecule has 0 aromatic carbocycles. The predicted molar refractivity (Wildman–Crippen MR) is 71.8 cm³/mol. The minimum atomic E-state index is -3.66. The van der Waals surface area contributed by atoms with Crippen molar-refractivity contribution in [1.82, 2.24) is 14.1 Å². The fourth-order valence-electron chi connectivity index (χ4n) is 2.50. The van der Waals surface area contributed by atoms with Gasteiger partial charge in [0.15, 0.2) is 0 Å². The third kappa shape index (κ3) is 2.57. The van der Waals surface area contributed by atoms with Crippen molar-refractivity contribution in [3.63, 3.8) is 0 Å². The zero-order valence-electron chi connectivity index (χ0n) is 11.6. The Balaban J connectivity index is 2.30. The number of aliphatic carboxylic acids is 1. The van der Waals surface area contributed by atoms with Crippen molar-refractivity contribution in [2.45, 2.75) is 38.1 Å². The van der Waals surface area contributed by atoms with E-state index in [2.05, 4.69) is 5.10 Å². The molecular formula is C12H19N3O4S. The van der Waals surface area contributed by atoms with Gasteiger partial charge in [-0.3, -0.25) is 9.48 Å². The molecule has 20 heavy (non-hydrogen) atoms. The van der Waals surface area contributed by atoms with E-state index in [1.807, 2.05) is 6.92 Å². The Morgan fingerprint density at radius 1 is 1.55 bits per heavy atom. The van der Waals surface area contributed by atoms with Crippen molar-refractivity contribution in [1.29, 1.82) is 0 Å². The van der Waals surface area contributed by atoms with Crippen LogP contribution < -0.4 is 0 Å². The largest absolute Gasteiger partial charge is 0.481 e. The molecule has 112 valence electrons. The monoisotopic (exact) mass is 301 g/mol. The van der Waals surface area contributed by atoms with E-state index in [4.69, 9.17) is 5.11 Å². The van der Waals surface area contributed by atoms with Crippen molar-refractivity contribution < 1.29 is 18.3 Å². The molecule has 1 aromatic rings. The van der Waals surface area contributed by atoms with E-state index in [1.165, 1.54) is 10.5 Å². The Morgan fingerprint density at radius 2 is 2.25 bits per heavy atom. The van der Waals surface area contributed by atoms with Gasteiger partial charge in [0.1, 0.15) is 4.90 Å². The number of sulfonamides is 1. The van der Waals surface area contributed by atoms with Crippen LogP contribution in [-0.2, 0) is 21.4 Å². The van der Waals surface area contributed by atoms with Crippen LogP contribution in [0.3, 0.4) is 0 Å². The van der Waals surface area contributed by atoms with Crippen LogP contribution in [0, 0.1) is 12.8 Å². The van der Waals surface area contributed by atoms with Crippen molar-refractivity contribution in [2.24, 2.45) is 5.92 Å². The van der Waals surface area contributed by atoms with Gasteiger partial charge in [-0.1, -0.05) is 0 Å². The molecule has 0 spiro atoms. The number of rotatable bonds is 4. The molecule has 0 radical (unpaired) electrons. The Morgan fingerprint density at radius 3 is 2.80 bits per heavy atom. The quantitative estimate of drug-likeness (QED) is 0.883.